The zero-order valence-corrected chi connectivity index (χ0v) is 17.7. The number of nitrogens with zero attached hydrogens (tertiary/aromatic N) is 1. The van der Waals surface area contributed by atoms with E-state index < -0.39 is 0 Å². The Bertz CT molecular complexity index is 738. The quantitative estimate of drug-likeness (QED) is 0.739. The van der Waals surface area contributed by atoms with Crippen molar-refractivity contribution in [2.75, 3.05) is 31.6 Å². The second-order valence-corrected chi connectivity index (χ2v) is 6.81. The van der Waals surface area contributed by atoms with Crippen molar-refractivity contribution in [2.24, 2.45) is 5.73 Å². The summed E-state index contributed by atoms with van der Waals surface area (Å²) >= 11 is 0. The molecular weight excluding hydrogens is 397 g/mol. The van der Waals surface area contributed by atoms with Gasteiger partial charge in [0, 0.05) is 37.8 Å². The molecule has 1 atom stereocenters. The Hall–Kier alpha value is -1.63. The number of hydrogen-bond donors (Lipinski definition) is 2. The van der Waals surface area contributed by atoms with E-state index in [1.807, 2.05) is 37.3 Å². The first kappa shape index (κ1) is 24.4. The molecule has 1 fully saturated rings. The summed E-state index contributed by atoms with van der Waals surface area (Å²) in [4.78, 5) is 14.8. The summed E-state index contributed by atoms with van der Waals surface area (Å²) in [7, 11) is 0. The van der Waals surface area contributed by atoms with Crippen molar-refractivity contribution in [3.05, 3.63) is 65.2 Å². The van der Waals surface area contributed by atoms with Crippen LogP contribution in [0.15, 0.2) is 48.5 Å². The smallest absolute Gasteiger partial charge is 0.226 e. The Balaban J connectivity index is 0.00000196. The lowest BCUT2D eigenvalue weighted by molar-refractivity contribution is -0.116. The Labute approximate surface area is 179 Å². The SMILES string of the molecule is Cc1ccc(CN2CCOCC2)cc1NC(=O)CC(N)c1ccccc1.Cl.Cl. The van der Waals surface area contributed by atoms with E-state index in [4.69, 9.17) is 10.5 Å². The van der Waals surface area contributed by atoms with E-state index >= 15 is 0 Å². The molecule has 1 saturated heterocycles. The molecule has 154 valence electrons. The van der Waals surface area contributed by atoms with E-state index in [0.29, 0.717) is 0 Å². The molecule has 2 aromatic rings. The molecule has 1 amide bonds. The third kappa shape index (κ3) is 7.08. The molecule has 1 aliphatic rings. The average molecular weight is 426 g/mol. The fourth-order valence-electron chi connectivity index (χ4n) is 3.14. The number of hydrogen-bond acceptors (Lipinski definition) is 4. The highest BCUT2D eigenvalue weighted by atomic mass is 35.5. The number of rotatable bonds is 6. The van der Waals surface area contributed by atoms with Crippen molar-refractivity contribution in [3.63, 3.8) is 0 Å². The molecule has 1 heterocycles. The zero-order valence-electron chi connectivity index (χ0n) is 16.1. The van der Waals surface area contributed by atoms with E-state index in [0.717, 1.165) is 49.7 Å². The van der Waals surface area contributed by atoms with Crippen LogP contribution in [0.5, 0.6) is 0 Å². The number of amides is 1. The zero-order chi connectivity index (χ0) is 18.4. The number of nitrogens with one attached hydrogen (secondary N) is 1. The van der Waals surface area contributed by atoms with Crippen molar-refractivity contribution in [3.8, 4) is 0 Å². The highest BCUT2D eigenvalue weighted by Gasteiger charge is 2.14. The molecule has 0 radical (unpaired) electrons. The van der Waals surface area contributed by atoms with Crippen LogP contribution in [0.1, 0.15) is 29.2 Å². The molecule has 0 aromatic heterocycles. The molecule has 3 rings (SSSR count). The molecule has 28 heavy (non-hydrogen) atoms. The Morgan fingerprint density at radius 3 is 2.50 bits per heavy atom. The second-order valence-electron chi connectivity index (χ2n) is 6.81. The van der Waals surface area contributed by atoms with Crippen molar-refractivity contribution >= 4 is 36.4 Å². The highest BCUT2D eigenvalue weighted by Crippen LogP contribution is 2.20. The van der Waals surface area contributed by atoms with Gasteiger partial charge in [-0.1, -0.05) is 42.5 Å². The number of nitrogens with two attached hydrogens (primary N) is 1. The number of aryl methyl sites for hydroxylation is 1. The fourth-order valence-corrected chi connectivity index (χ4v) is 3.14. The summed E-state index contributed by atoms with van der Waals surface area (Å²) in [6.45, 7) is 6.34. The van der Waals surface area contributed by atoms with Crippen LogP contribution in [-0.4, -0.2) is 37.1 Å². The van der Waals surface area contributed by atoms with Gasteiger partial charge < -0.3 is 15.8 Å². The first-order chi connectivity index (χ1) is 12.6. The number of benzene rings is 2. The first-order valence-corrected chi connectivity index (χ1v) is 9.12. The largest absolute Gasteiger partial charge is 0.379 e. The molecule has 1 aliphatic heterocycles. The summed E-state index contributed by atoms with van der Waals surface area (Å²) in [6.07, 6.45) is 0.261. The molecule has 2 aromatic carbocycles. The van der Waals surface area contributed by atoms with Crippen LogP contribution in [0.4, 0.5) is 5.69 Å². The summed E-state index contributed by atoms with van der Waals surface area (Å²) in [5.41, 5.74) is 10.2. The summed E-state index contributed by atoms with van der Waals surface area (Å²) in [5, 5.41) is 3.03. The minimum absolute atomic E-state index is 0. The fraction of sp³-hybridized carbons (Fsp3) is 0.381. The molecule has 0 bridgehead atoms. The monoisotopic (exact) mass is 425 g/mol. The summed E-state index contributed by atoms with van der Waals surface area (Å²) < 4.78 is 5.40. The lowest BCUT2D eigenvalue weighted by Crippen LogP contribution is -2.35. The van der Waals surface area contributed by atoms with Crippen LogP contribution in [0.3, 0.4) is 0 Å². The molecule has 1 unspecified atom stereocenters. The van der Waals surface area contributed by atoms with E-state index in [9.17, 15) is 4.79 Å². The predicted molar refractivity (Wildman–Crippen MR) is 118 cm³/mol. The molecule has 0 aliphatic carbocycles. The highest BCUT2D eigenvalue weighted by molar-refractivity contribution is 5.92. The van der Waals surface area contributed by atoms with E-state index in [-0.39, 0.29) is 43.2 Å². The molecular formula is C21H29Cl2N3O2. The second kappa shape index (κ2) is 12.0. The van der Waals surface area contributed by atoms with E-state index in [1.165, 1.54) is 5.56 Å². The summed E-state index contributed by atoms with van der Waals surface area (Å²) in [5.74, 6) is -0.0621. The first-order valence-electron chi connectivity index (χ1n) is 9.12. The topological polar surface area (TPSA) is 67.6 Å². The number of ether oxygens (including phenoxy) is 1. The molecule has 7 heteroatoms. The third-order valence-electron chi connectivity index (χ3n) is 4.72. The van der Waals surface area contributed by atoms with Gasteiger partial charge in [-0.3, -0.25) is 9.69 Å². The van der Waals surface area contributed by atoms with Crippen LogP contribution in [0.2, 0.25) is 0 Å². The van der Waals surface area contributed by atoms with Gasteiger partial charge in [0.2, 0.25) is 5.91 Å². The summed E-state index contributed by atoms with van der Waals surface area (Å²) in [6, 6.07) is 15.7. The van der Waals surface area contributed by atoms with Crippen molar-refractivity contribution in [1.29, 1.82) is 0 Å². The van der Waals surface area contributed by atoms with Crippen LogP contribution in [0, 0.1) is 6.92 Å². The van der Waals surface area contributed by atoms with Crippen LogP contribution >= 0.6 is 24.8 Å². The van der Waals surface area contributed by atoms with Crippen LogP contribution in [-0.2, 0) is 16.1 Å². The number of morpholine rings is 1. The van der Waals surface area contributed by atoms with E-state index in [1.54, 1.807) is 0 Å². The van der Waals surface area contributed by atoms with Gasteiger partial charge in [-0.05, 0) is 29.7 Å². The maximum Gasteiger partial charge on any atom is 0.226 e. The minimum Gasteiger partial charge on any atom is -0.379 e. The lowest BCUT2D eigenvalue weighted by atomic mass is 10.0. The van der Waals surface area contributed by atoms with Crippen molar-refractivity contribution in [1.82, 2.24) is 4.90 Å². The van der Waals surface area contributed by atoms with E-state index in [2.05, 4.69) is 28.4 Å². The maximum atomic E-state index is 12.4. The van der Waals surface area contributed by atoms with Gasteiger partial charge in [-0.15, -0.1) is 24.8 Å². The van der Waals surface area contributed by atoms with Gasteiger partial charge in [0.15, 0.2) is 0 Å². The van der Waals surface area contributed by atoms with Gasteiger partial charge in [-0.25, -0.2) is 0 Å². The maximum absolute atomic E-state index is 12.4. The van der Waals surface area contributed by atoms with Crippen LogP contribution < -0.4 is 11.1 Å². The van der Waals surface area contributed by atoms with Gasteiger partial charge >= 0.3 is 0 Å². The standard InChI is InChI=1S/C21H27N3O2.2ClH/c1-16-7-8-17(15-24-9-11-26-12-10-24)13-20(16)23-21(25)14-19(22)18-5-3-2-4-6-18;;/h2-8,13,19H,9-12,14-15,22H2,1H3,(H,23,25);2*1H. The number of halogens is 2. The lowest BCUT2D eigenvalue weighted by Gasteiger charge is -2.26. The molecule has 3 N–H and O–H groups in total. The van der Waals surface area contributed by atoms with Gasteiger partial charge in [0.25, 0.3) is 0 Å². The van der Waals surface area contributed by atoms with Gasteiger partial charge in [0.05, 0.1) is 13.2 Å². The number of anilines is 1. The number of carbonyl (C=O) groups excluding carboxylic acids is 1. The predicted octanol–water partition coefficient (Wildman–Crippen LogP) is 3.70. The minimum atomic E-state index is -0.298. The van der Waals surface area contributed by atoms with Gasteiger partial charge in [-0.2, -0.15) is 0 Å². The molecule has 5 nitrogen and oxygen atoms in total. The van der Waals surface area contributed by atoms with Crippen molar-refractivity contribution in [2.45, 2.75) is 25.9 Å². The Kier molecular flexibility index (Phi) is 10.5. The molecule has 0 saturated carbocycles. The number of carbonyl (C=O) groups is 1. The van der Waals surface area contributed by atoms with Crippen molar-refractivity contribution < 1.29 is 9.53 Å². The normalized spacial score (nSPS) is 15.1. The average Bonchev–Trinajstić information content (AvgIpc) is 2.66. The van der Waals surface area contributed by atoms with Gasteiger partial charge in [0.1, 0.15) is 0 Å². The van der Waals surface area contributed by atoms with Crippen LogP contribution in [0.25, 0.3) is 0 Å². The third-order valence-corrected chi connectivity index (χ3v) is 4.72. The molecule has 0 spiro atoms. The Morgan fingerprint density at radius 2 is 1.82 bits per heavy atom. The Morgan fingerprint density at radius 1 is 1.14 bits per heavy atom.